The SMILES string of the molecule is Cc1ccc(CCC(CC2CCOCC2)NN)cc1. The summed E-state index contributed by atoms with van der Waals surface area (Å²) in [5.74, 6) is 6.47. The summed E-state index contributed by atoms with van der Waals surface area (Å²) < 4.78 is 5.40. The number of ether oxygens (including phenoxy) is 1. The monoisotopic (exact) mass is 262 g/mol. The van der Waals surface area contributed by atoms with Gasteiger partial charge in [0.05, 0.1) is 0 Å². The van der Waals surface area contributed by atoms with Crippen molar-refractivity contribution in [1.29, 1.82) is 0 Å². The van der Waals surface area contributed by atoms with Crippen LogP contribution in [0.25, 0.3) is 0 Å². The number of hydrogen-bond donors (Lipinski definition) is 2. The number of benzene rings is 1. The maximum Gasteiger partial charge on any atom is 0.0468 e. The Morgan fingerprint density at radius 3 is 2.58 bits per heavy atom. The standard InChI is InChI=1S/C16H26N2O/c1-13-2-4-14(5-3-13)6-7-16(18-17)12-15-8-10-19-11-9-15/h2-5,15-16,18H,6-12,17H2,1H3. The van der Waals surface area contributed by atoms with Crippen LogP contribution in [0.3, 0.4) is 0 Å². The summed E-state index contributed by atoms with van der Waals surface area (Å²) in [7, 11) is 0. The lowest BCUT2D eigenvalue weighted by atomic mass is 9.90. The van der Waals surface area contributed by atoms with Gasteiger partial charge in [-0.2, -0.15) is 0 Å². The summed E-state index contributed by atoms with van der Waals surface area (Å²) >= 11 is 0. The van der Waals surface area contributed by atoms with Gasteiger partial charge in [0.1, 0.15) is 0 Å². The Morgan fingerprint density at radius 2 is 1.95 bits per heavy atom. The van der Waals surface area contributed by atoms with Crippen LogP contribution in [0.2, 0.25) is 0 Å². The molecule has 1 unspecified atom stereocenters. The van der Waals surface area contributed by atoms with Crippen LogP contribution in [0.15, 0.2) is 24.3 Å². The molecule has 3 nitrogen and oxygen atoms in total. The van der Waals surface area contributed by atoms with E-state index >= 15 is 0 Å². The minimum Gasteiger partial charge on any atom is -0.381 e. The van der Waals surface area contributed by atoms with Gasteiger partial charge in [-0.3, -0.25) is 11.3 Å². The summed E-state index contributed by atoms with van der Waals surface area (Å²) in [5.41, 5.74) is 5.71. The number of rotatable bonds is 6. The Bertz CT molecular complexity index is 358. The quantitative estimate of drug-likeness (QED) is 0.612. The molecule has 3 heteroatoms. The summed E-state index contributed by atoms with van der Waals surface area (Å²) in [4.78, 5) is 0. The smallest absolute Gasteiger partial charge is 0.0468 e. The summed E-state index contributed by atoms with van der Waals surface area (Å²) in [5, 5.41) is 0. The highest BCUT2D eigenvalue weighted by atomic mass is 16.5. The van der Waals surface area contributed by atoms with E-state index in [9.17, 15) is 0 Å². The maximum atomic E-state index is 5.70. The molecule has 1 saturated heterocycles. The van der Waals surface area contributed by atoms with Crippen LogP contribution >= 0.6 is 0 Å². The van der Waals surface area contributed by atoms with Crippen LogP contribution in [0.5, 0.6) is 0 Å². The number of nitrogens with one attached hydrogen (secondary N) is 1. The lowest BCUT2D eigenvalue weighted by Crippen LogP contribution is -2.37. The van der Waals surface area contributed by atoms with E-state index in [1.54, 1.807) is 0 Å². The molecule has 0 spiro atoms. The van der Waals surface area contributed by atoms with E-state index in [1.165, 1.54) is 30.4 Å². The molecule has 0 radical (unpaired) electrons. The third-order valence-corrected chi connectivity index (χ3v) is 4.10. The highest BCUT2D eigenvalue weighted by Crippen LogP contribution is 2.21. The zero-order valence-corrected chi connectivity index (χ0v) is 11.9. The number of hydrogen-bond acceptors (Lipinski definition) is 3. The topological polar surface area (TPSA) is 47.3 Å². The fourth-order valence-electron chi connectivity index (χ4n) is 2.75. The molecule has 1 aliphatic rings. The van der Waals surface area contributed by atoms with E-state index in [0.717, 1.165) is 32.0 Å². The zero-order valence-electron chi connectivity index (χ0n) is 11.9. The van der Waals surface area contributed by atoms with Crippen LogP contribution < -0.4 is 11.3 Å². The lowest BCUT2D eigenvalue weighted by Gasteiger charge is -2.26. The Morgan fingerprint density at radius 1 is 1.26 bits per heavy atom. The van der Waals surface area contributed by atoms with Crippen LogP contribution in [0.4, 0.5) is 0 Å². The Hall–Kier alpha value is -0.900. The molecule has 1 fully saturated rings. The van der Waals surface area contributed by atoms with Crippen molar-refractivity contribution >= 4 is 0 Å². The van der Waals surface area contributed by atoms with E-state index in [0.29, 0.717) is 6.04 Å². The molecule has 0 aromatic heterocycles. The Balaban J connectivity index is 1.76. The molecule has 1 atom stereocenters. The van der Waals surface area contributed by atoms with Gasteiger partial charge in [-0.05, 0) is 50.5 Å². The Kier molecular flexibility index (Phi) is 5.83. The molecule has 19 heavy (non-hydrogen) atoms. The first-order valence-electron chi connectivity index (χ1n) is 7.37. The van der Waals surface area contributed by atoms with Crippen molar-refractivity contribution in [2.24, 2.45) is 11.8 Å². The van der Waals surface area contributed by atoms with Crippen molar-refractivity contribution in [2.45, 2.75) is 45.1 Å². The molecular weight excluding hydrogens is 236 g/mol. The van der Waals surface area contributed by atoms with Crippen molar-refractivity contribution in [1.82, 2.24) is 5.43 Å². The minimum absolute atomic E-state index is 0.421. The van der Waals surface area contributed by atoms with Crippen molar-refractivity contribution in [3.63, 3.8) is 0 Å². The van der Waals surface area contributed by atoms with Crippen LogP contribution in [0.1, 0.15) is 36.8 Å². The molecule has 2 rings (SSSR count). The minimum atomic E-state index is 0.421. The van der Waals surface area contributed by atoms with Gasteiger partial charge in [0.2, 0.25) is 0 Å². The Labute approximate surface area is 116 Å². The van der Waals surface area contributed by atoms with E-state index in [4.69, 9.17) is 10.6 Å². The maximum absolute atomic E-state index is 5.70. The second-order valence-electron chi connectivity index (χ2n) is 5.68. The van der Waals surface area contributed by atoms with Gasteiger partial charge in [-0.15, -0.1) is 0 Å². The van der Waals surface area contributed by atoms with Gasteiger partial charge < -0.3 is 4.74 Å². The van der Waals surface area contributed by atoms with Crippen molar-refractivity contribution in [3.8, 4) is 0 Å². The van der Waals surface area contributed by atoms with Crippen LogP contribution in [0, 0.1) is 12.8 Å². The average Bonchev–Trinajstić information content (AvgIpc) is 2.46. The molecule has 3 N–H and O–H groups in total. The van der Waals surface area contributed by atoms with E-state index in [1.807, 2.05) is 0 Å². The molecule has 0 saturated carbocycles. The molecule has 0 aliphatic carbocycles. The third kappa shape index (κ3) is 4.94. The highest BCUT2D eigenvalue weighted by molar-refractivity contribution is 5.21. The third-order valence-electron chi connectivity index (χ3n) is 4.10. The summed E-state index contributed by atoms with van der Waals surface area (Å²) in [6.45, 7) is 3.96. The summed E-state index contributed by atoms with van der Waals surface area (Å²) in [6.07, 6.45) is 5.74. The van der Waals surface area contributed by atoms with E-state index < -0.39 is 0 Å². The first-order chi connectivity index (χ1) is 9.28. The summed E-state index contributed by atoms with van der Waals surface area (Å²) in [6, 6.07) is 9.22. The van der Waals surface area contributed by atoms with Gasteiger partial charge >= 0.3 is 0 Å². The molecule has 106 valence electrons. The van der Waals surface area contributed by atoms with E-state index in [-0.39, 0.29) is 0 Å². The highest BCUT2D eigenvalue weighted by Gasteiger charge is 2.18. The molecule has 1 aromatic carbocycles. The van der Waals surface area contributed by atoms with Gasteiger partial charge in [0.25, 0.3) is 0 Å². The second kappa shape index (κ2) is 7.63. The molecule has 1 aliphatic heterocycles. The normalized spacial score (nSPS) is 18.4. The zero-order chi connectivity index (χ0) is 13.5. The first kappa shape index (κ1) is 14.5. The average molecular weight is 262 g/mol. The molecule has 0 amide bonds. The fourth-order valence-corrected chi connectivity index (χ4v) is 2.75. The second-order valence-corrected chi connectivity index (χ2v) is 5.68. The molecule has 0 bridgehead atoms. The number of nitrogens with two attached hydrogens (primary N) is 1. The van der Waals surface area contributed by atoms with Crippen molar-refractivity contribution < 1.29 is 4.74 Å². The number of hydrazine groups is 1. The van der Waals surface area contributed by atoms with Crippen LogP contribution in [-0.4, -0.2) is 19.3 Å². The van der Waals surface area contributed by atoms with Crippen molar-refractivity contribution in [2.75, 3.05) is 13.2 Å². The van der Waals surface area contributed by atoms with Gasteiger partial charge in [-0.1, -0.05) is 29.8 Å². The van der Waals surface area contributed by atoms with Crippen molar-refractivity contribution in [3.05, 3.63) is 35.4 Å². The largest absolute Gasteiger partial charge is 0.381 e. The van der Waals surface area contributed by atoms with Gasteiger partial charge in [0.15, 0.2) is 0 Å². The van der Waals surface area contributed by atoms with Gasteiger partial charge in [-0.25, -0.2) is 0 Å². The molecular formula is C16H26N2O. The van der Waals surface area contributed by atoms with Gasteiger partial charge in [0, 0.05) is 19.3 Å². The molecule has 1 heterocycles. The molecule has 1 aromatic rings. The predicted octanol–water partition coefficient (Wildman–Crippen LogP) is 2.58. The lowest BCUT2D eigenvalue weighted by molar-refractivity contribution is 0.0602. The first-order valence-corrected chi connectivity index (χ1v) is 7.37. The fraction of sp³-hybridized carbons (Fsp3) is 0.625. The predicted molar refractivity (Wildman–Crippen MR) is 78.8 cm³/mol. The number of aryl methyl sites for hydroxylation is 2. The van der Waals surface area contributed by atoms with E-state index in [2.05, 4.69) is 36.6 Å². The van der Waals surface area contributed by atoms with Crippen LogP contribution in [-0.2, 0) is 11.2 Å².